The molecule has 1 N–H and O–H groups in total. The average molecular weight is 202 g/mol. The van der Waals surface area contributed by atoms with Gasteiger partial charge in [0.1, 0.15) is 0 Å². The normalized spacial score (nSPS) is 21.2. The molecule has 0 aliphatic heterocycles. The van der Waals surface area contributed by atoms with Crippen LogP contribution in [0.25, 0.3) is 0 Å². The Bertz CT molecular complexity index is 130. The Hall–Kier alpha value is 0.310. The van der Waals surface area contributed by atoms with Crippen molar-refractivity contribution in [2.45, 2.75) is 45.6 Å². The molecule has 0 aromatic carbocycles. The van der Waals surface area contributed by atoms with Crippen molar-refractivity contribution in [3.05, 3.63) is 0 Å². The minimum atomic E-state index is -0.0359. The van der Waals surface area contributed by atoms with E-state index >= 15 is 0 Å². The third kappa shape index (κ3) is 4.37. The average Bonchev–Trinajstić information content (AvgIpc) is 2.55. The van der Waals surface area contributed by atoms with Crippen molar-refractivity contribution >= 4 is 11.8 Å². The van der Waals surface area contributed by atoms with E-state index in [4.69, 9.17) is 0 Å². The molecular formula is C11H22OS. The molecular weight excluding hydrogens is 180 g/mol. The van der Waals surface area contributed by atoms with Crippen LogP contribution in [0.15, 0.2) is 0 Å². The van der Waals surface area contributed by atoms with Gasteiger partial charge in [-0.2, -0.15) is 11.8 Å². The summed E-state index contributed by atoms with van der Waals surface area (Å²) in [5, 5.41) is 9.84. The molecule has 1 atom stereocenters. The molecule has 1 aliphatic carbocycles. The van der Waals surface area contributed by atoms with E-state index in [1.165, 1.54) is 31.4 Å². The first-order chi connectivity index (χ1) is 6.20. The molecule has 78 valence electrons. The van der Waals surface area contributed by atoms with Crippen LogP contribution >= 0.6 is 11.8 Å². The molecule has 1 rings (SSSR count). The van der Waals surface area contributed by atoms with Crippen molar-refractivity contribution in [2.75, 3.05) is 11.5 Å². The maximum Gasteiger partial charge on any atom is 0.0658 e. The van der Waals surface area contributed by atoms with Crippen molar-refractivity contribution in [1.82, 2.24) is 0 Å². The van der Waals surface area contributed by atoms with E-state index in [9.17, 15) is 5.11 Å². The van der Waals surface area contributed by atoms with Crippen LogP contribution < -0.4 is 0 Å². The molecule has 0 heterocycles. The zero-order valence-electron chi connectivity index (χ0n) is 8.83. The fourth-order valence-corrected chi connectivity index (χ4v) is 3.02. The molecule has 2 heteroatoms. The van der Waals surface area contributed by atoms with Crippen molar-refractivity contribution < 1.29 is 5.11 Å². The number of rotatable bonds is 5. The Morgan fingerprint density at radius 2 is 1.85 bits per heavy atom. The first kappa shape index (κ1) is 11.4. The minimum absolute atomic E-state index is 0.0359. The fraction of sp³-hybridized carbons (Fsp3) is 1.00. The van der Waals surface area contributed by atoms with Crippen LogP contribution in [0.2, 0.25) is 0 Å². The molecule has 0 bridgehead atoms. The van der Waals surface area contributed by atoms with Gasteiger partial charge in [0, 0.05) is 5.75 Å². The molecule has 1 saturated carbocycles. The summed E-state index contributed by atoms with van der Waals surface area (Å²) in [5.41, 5.74) is 0. The van der Waals surface area contributed by atoms with Gasteiger partial charge in [0.15, 0.2) is 0 Å². The van der Waals surface area contributed by atoms with E-state index in [-0.39, 0.29) is 6.10 Å². The Morgan fingerprint density at radius 3 is 2.38 bits per heavy atom. The summed E-state index contributed by atoms with van der Waals surface area (Å²) in [4.78, 5) is 0. The molecule has 1 aliphatic rings. The Morgan fingerprint density at radius 1 is 1.23 bits per heavy atom. The highest BCUT2D eigenvalue weighted by Crippen LogP contribution is 2.29. The van der Waals surface area contributed by atoms with Crippen LogP contribution in [0.4, 0.5) is 0 Å². The zero-order chi connectivity index (χ0) is 9.68. The Kier molecular flexibility index (Phi) is 5.18. The van der Waals surface area contributed by atoms with Crippen molar-refractivity contribution in [3.63, 3.8) is 0 Å². The van der Waals surface area contributed by atoms with Gasteiger partial charge in [-0.05, 0) is 30.4 Å². The number of hydrogen-bond acceptors (Lipinski definition) is 2. The Balaban J connectivity index is 2.06. The van der Waals surface area contributed by atoms with Gasteiger partial charge in [-0.3, -0.25) is 0 Å². The molecule has 13 heavy (non-hydrogen) atoms. The lowest BCUT2D eigenvalue weighted by Crippen LogP contribution is -2.20. The number of hydrogen-bond donors (Lipinski definition) is 1. The summed E-state index contributed by atoms with van der Waals surface area (Å²) < 4.78 is 0. The third-order valence-corrected chi connectivity index (χ3v) is 4.16. The van der Waals surface area contributed by atoms with E-state index in [1.807, 2.05) is 11.8 Å². The second-order valence-electron chi connectivity index (χ2n) is 4.54. The smallest absolute Gasteiger partial charge is 0.0658 e. The maximum absolute atomic E-state index is 9.84. The second kappa shape index (κ2) is 5.92. The number of aliphatic hydroxyl groups is 1. The van der Waals surface area contributed by atoms with Crippen LogP contribution in [-0.4, -0.2) is 22.7 Å². The number of aliphatic hydroxyl groups excluding tert-OH is 1. The van der Waals surface area contributed by atoms with Gasteiger partial charge in [0.05, 0.1) is 6.10 Å². The van der Waals surface area contributed by atoms with Crippen molar-refractivity contribution in [3.8, 4) is 0 Å². The summed E-state index contributed by atoms with van der Waals surface area (Å²) in [5.74, 6) is 3.49. The minimum Gasteiger partial charge on any atom is -0.392 e. The van der Waals surface area contributed by atoms with E-state index in [2.05, 4.69) is 13.8 Å². The van der Waals surface area contributed by atoms with Gasteiger partial charge in [-0.1, -0.05) is 26.7 Å². The topological polar surface area (TPSA) is 20.2 Å². The fourth-order valence-electron chi connectivity index (χ4n) is 1.90. The van der Waals surface area contributed by atoms with Gasteiger partial charge in [-0.15, -0.1) is 0 Å². The van der Waals surface area contributed by atoms with Crippen LogP contribution in [-0.2, 0) is 0 Å². The highest BCUT2D eigenvalue weighted by Gasteiger charge is 2.22. The van der Waals surface area contributed by atoms with E-state index in [1.54, 1.807) is 0 Å². The van der Waals surface area contributed by atoms with Gasteiger partial charge >= 0.3 is 0 Å². The second-order valence-corrected chi connectivity index (χ2v) is 5.62. The first-order valence-corrected chi connectivity index (χ1v) is 6.61. The van der Waals surface area contributed by atoms with Crippen molar-refractivity contribution in [1.29, 1.82) is 0 Å². The predicted octanol–water partition coefficient (Wildman–Crippen LogP) is 2.93. The van der Waals surface area contributed by atoms with Gasteiger partial charge < -0.3 is 5.11 Å². The molecule has 0 saturated heterocycles. The highest BCUT2D eigenvalue weighted by atomic mass is 32.2. The van der Waals surface area contributed by atoms with E-state index in [0.29, 0.717) is 5.92 Å². The van der Waals surface area contributed by atoms with Crippen LogP contribution in [0, 0.1) is 11.8 Å². The summed E-state index contributed by atoms with van der Waals surface area (Å²) in [6, 6.07) is 0. The van der Waals surface area contributed by atoms with Crippen LogP contribution in [0.1, 0.15) is 39.5 Å². The predicted molar refractivity (Wildman–Crippen MR) is 60.1 cm³/mol. The molecule has 0 aromatic rings. The lowest BCUT2D eigenvalue weighted by Gasteiger charge is -2.17. The molecule has 1 nitrogen and oxygen atoms in total. The maximum atomic E-state index is 9.84. The third-order valence-electron chi connectivity index (χ3n) is 2.68. The van der Waals surface area contributed by atoms with Gasteiger partial charge in [0.25, 0.3) is 0 Å². The molecule has 0 amide bonds. The van der Waals surface area contributed by atoms with E-state index < -0.39 is 0 Å². The lowest BCUT2D eigenvalue weighted by atomic mass is 10.0. The molecule has 0 spiro atoms. The SMILES string of the molecule is CC(C)CSCC(O)C1CCCC1. The van der Waals surface area contributed by atoms with Crippen LogP contribution in [0.5, 0.6) is 0 Å². The van der Waals surface area contributed by atoms with Gasteiger partial charge in [-0.25, -0.2) is 0 Å². The summed E-state index contributed by atoms with van der Waals surface area (Å²) >= 11 is 1.91. The van der Waals surface area contributed by atoms with E-state index in [0.717, 1.165) is 11.7 Å². The number of thioether (sulfide) groups is 1. The quantitative estimate of drug-likeness (QED) is 0.739. The first-order valence-electron chi connectivity index (χ1n) is 5.46. The largest absolute Gasteiger partial charge is 0.392 e. The van der Waals surface area contributed by atoms with Gasteiger partial charge in [0.2, 0.25) is 0 Å². The summed E-state index contributed by atoms with van der Waals surface area (Å²) in [7, 11) is 0. The van der Waals surface area contributed by atoms with Crippen molar-refractivity contribution in [2.24, 2.45) is 11.8 Å². The Labute approximate surface area is 86.3 Å². The lowest BCUT2D eigenvalue weighted by molar-refractivity contribution is 0.133. The molecule has 0 aromatic heterocycles. The van der Waals surface area contributed by atoms with Crippen LogP contribution in [0.3, 0.4) is 0 Å². The monoisotopic (exact) mass is 202 g/mol. The molecule has 1 unspecified atom stereocenters. The standard InChI is InChI=1S/C11H22OS/c1-9(2)7-13-8-11(12)10-5-3-4-6-10/h9-12H,3-8H2,1-2H3. The summed E-state index contributed by atoms with van der Waals surface area (Å²) in [6.07, 6.45) is 5.13. The highest BCUT2D eigenvalue weighted by molar-refractivity contribution is 7.99. The zero-order valence-corrected chi connectivity index (χ0v) is 9.65. The molecule has 1 fully saturated rings. The molecule has 0 radical (unpaired) electrons. The summed E-state index contributed by atoms with van der Waals surface area (Å²) in [6.45, 7) is 4.46.